The highest BCUT2D eigenvalue weighted by Crippen LogP contribution is 2.23. The minimum absolute atomic E-state index is 0.194. The Morgan fingerprint density at radius 1 is 1.15 bits per heavy atom. The predicted octanol–water partition coefficient (Wildman–Crippen LogP) is 2.21. The molecule has 1 aromatic carbocycles. The number of carbonyl (C=O) groups excluding carboxylic acids is 1. The molecule has 1 amide bonds. The fourth-order valence-electron chi connectivity index (χ4n) is 1.67. The van der Waals surface area contributed by atoms with Crippen LogP contribution in [0.2, 0.25) is 0 Å². The van der Waals surface area contributed by atoms with Gasteiger partial charge in [-0.25, -0.2) is 8.42 Å². The van der Waals surface area contributed by atoms with E-state index in [1.54, 1.807) is 37.3 Å². The number of aryl methyl sites for hydroxylation is 1. The third-order valence-electron chi connectivity index (χ3n) is 2.54. The quantitative estimate of drug-likeness (QED) is 0.905. The SMILES string of the molecule is Cc1ccoc1C(=O)Nc1ccccc1NS(C)(=O)=O. The molecule has 2 rings (SSSR count). The lowest BCUT2D eigenvalue weighted by Crippen LogP contribution is -2.16. The van der Waals surface area contributed by atoms with Gasteiger partial charge in [-0.3, -0.25) is 9.52 Å². The molecule has 0 saturated carbocycles. The lowest BCUT2D eigenvalue weighted by atomic mass is 10.2. The van der Waals surface area contributed by atoms with Gasteiger partial charge in [0.1, 0.15) is 0 Å². The summed E-state index contributed by atoms with van der Waals surface area (Å²) in [6.45, 7) is 1.75. The van der Waals surface area contributed by atoms with Crippen LogP contribution in [0.5, 0.6) is 0 Å². The largest absolute Gasteiger partial charge is 0.459 e. The minimum atomic E-state index is -3.42. The molecular formula is C13H14N2O4S. The number of anilines is 2. The topological polar surface area (TPSA) is 88.4 Å². The van der Waals surface area contributed by atoms with Crippen molar-refractivity contribution in [3.05, 3.63) is 47.9 Å². The molecule has 0 spiro atoms. The van der Waals surface area contributed by atoms with E-state index in [-0.39, 0.29) is 5.76 Å². The maximum absolute atomic E-state index is 12.0. The molecule has 0 unspecified atom stereocenters. The molecule has 0 aliphatic heterocycles. The van der Waals surface area contributed by atoms with Crippen LogP contribution in [0, 0.1) is 6.92 Å². The van der Waals surface area contributed by atoms with Crippen LogP contribution in [0.25, 0.3) is 0 Å². The van der Waals surface area contributed by atoms with Crippen molar-refractivity contribution in [1.82, 2.24) is 0 Å². The summed E-state index contributed by atoms with van der Waals surface area (Å²) in [7, 11) is -3.42. The van der Waals surface area contributed by atoms with E-state index < -0.39 is 15.9 Å². The lowest BCUT2D eigenvalue weighted by Gasteiger charge is -2.11. The average Bonchev–Trinajstić information content (AvgIpc) is 2.76. The average molecular weight is 294 g/mol. The standard InChI is InChI=1S/C13H14N2O4S/c1-9-7-8-19-12(9)13(16)14-10-5-3-4-6-11(10)15-20(2,17)18/h3-8,15H,1-2H3,(H,14,16). The van der Waals surface area contributed by atoms with Gasteiger partial charge in [0.15, 0.2) is 5.76 Å². The number of amides is 1. The maximum atomic E-state index is 12.0. The van der Waals surface area contributed by atoms with E-state index in [1.165, 1.54) is 6.26 Å². The highest BCUT2D eigenvalue weighted by molar-refractivity contribution is 7.92. The first-order chi connectivity index (χ1) is 9.37. The third kappa shape index (κ3) is 3.39. The van der Waals surface area contributed by atoms with Crippen LogP contribution < -0.4 is 10.0 Å². The van der Waals surface area contributed by atoms with Gasteiger partial charge in [0.2, 0.25) is 10.0 Å². The first kappa shape index (κ1) is 14.1. The van der Waals surface area contributed by atoms with Gasteiger partial charge in [-0.2, -0.15) is 0 Å². The molecule has 1 aromatic heterocycles. The molecule has 106 valence electrons. The zero-order valence-electron chi connectivity index (χ0n) is 11.0. The monoisotopic (exact) mass is 294 g/mol. The van der Waals surface area contributed by atoms with E-state index in [1.807, 2.05) is 0 Å². The number of furan rings is 1. The maximum Gasteiger partial charge on any atom is 0.291 e. The molecule has 2 N–H and O–H groups in total. The highest BCUT2D eigenvalue weighted by atomic mass is 32.2. The highest BCUT2D eigenvalue weighted by Gasteiger charge is 2.15. The van der Waals surface area contributed by atoms with Crippen LogP contribution in [0.1, 0.15) is 16.1 Å². The number of hydrogen-bond donors (Lipinski definition) is 2. The molecule has 0 fully saturated rings. The van der Waals surface area contributed by atoms with E-state index in [0.29, 0.717) is 16.9 Å². The van der Waals surface area contributed by atoms with Crippen LogP contribution in [0.4, 0.5) is 11.4 Å². The van der Waals surface area contributed by atoms with Crippen molar-refractivity contribution in [3.8, 4) is 0 Å². The van der Waals surface area contributed by atoms with Crippen molar-refractivity contribution in [2.45, 2.75) is 6.92 Å². The van der Waals surface area contributed by atoms with E-state index in [2.05, 4.69) is 10.0 Å². The first-order valence-corrected chi connectivity index (χ1v) is 7.68. The van der Waals surface area contributed by atoms with Gasteiger partial charge >= 0.3 is 0 Å². The molecule has 20 heavy (non-hydrogen) atoms. The van der Waals surface area contributed by atoms with E-state index in [0.717, 1.165) is 6.26 Å². The fraction of sp³-hybridized carbons (Fsp3) is 0.154. The van der Waals surface area contributed by atoms with Crippen molar-refractivity contribution >= 4 is 27.3 Å². The van der Waals surface area contributed by atoms with Gasteiger partial charge < -0.3 is 9.73 Å². The number of hydrogen-bond acceptors (Lipinski definition) is 4. The summed E-state index contributed by atoms with van der Waals surface area (Å²) in [5.74, 6) is -0.241. The molecule has 2 aromatic rings. The zero-order valence-corrected chi connectivity index (χ0v) is 11.8. The summed E-state index contributed by atoms with van der Waals surface area (Å²) < 4.78 is 30.0. The second-order valence-electron chi connectivity index (χ2n) is 4.31. The van der Waals surface area contributed by atoms with Crippen molar-refractivity contribution < 1.29 is 17.6 Å². The smallest absolute Gasteiger partial charge is 0.291 e. The number of nitrogens with one attached hydrogen (secondary N) is 2. The second-order valence-corrected chi connectivity index (χ2v) is 6.06. The van der Waals surface area contributed by atoms with Crippen LogP contribution in [-0.4, -0.2) is 20.6 Å². The minimum Gasteiger partial charge on any atom is -0.459 e. The predicted molar refractivity (Wildman–Crippen MR) is 76.3 cm³/mol. The molecule has 0 saturated heterocycles. The Bertz CT molecular complexity index is 734. The second kappa shape index (κ2) is 5.38. The van der Waals surface area contributed by atoms with Crippen molar-refractivity contribution in [1.29, 1.82) is 0 Å². The molecule has 6 nitrogen and oxygen atoms in total. The molecular weight excluding hydrogens is 280 g/mol. The molecule has 0 atom stereocenters. The Morgan fingerprint density at radius 2 is 1.80 bits per heavy atom. The van der Waals surface area contributed by atoms with Crippen molar-refractivity contribution in [3.63, 3.8) is 0 Å². The lowest BCUT2D eigenvalue weighted by molar-refractivity contribution is 0.0996. The summed E-state index contributed by atoms with van der Waals surface area (Å²) >= 11 is 0. The van der Waals surface area contributed by atoms with Gasteiger partial charge in [-0.1, -0.05) is 12.1 Å². The Kier molecular flexibility index (Phi) is 3.80. The number of benzene rings is 1. The van der Waals surface area contributed by atoms with Crippen LogP contribution in [0.15, 0.2) is 41.0 Å². The Morgan fingerprint density at radius 3 is 2.35 bits per heavy atom. The first-order valence-electron chi connectivity index (χ1n) is 5.79. The molecule has 7 heteroatoms. The van der Waals surface area contributed by atoms with Gasteiger partial charge in [-0.15, -0.1) is 0 Å². The molecule has 0 bridgehead atoms. The van der Waals surface area contributed by atoms with Gasteiger partial charge in [-0.05, 0) is 25.1 Å². The Labute approximate surface area is 116 Å². The van der Waals surface area contributed by atoms with E-state index in [9.17, 15) is 13.2 Å². The van der Waals surface area contributed by atoms with Crippen LogP contribution in [0.3, 0.4) is 0 Å². The summed E-state index contributed by atoms with van der Waals surface area (Å²) in [6.07, 6.45) is 2.47. The Hall–Kier alpha value is -2.28. The summed E-state index contributed by atoms with van der Waals surface area (Å²) in [4.78, 5) is 12.0. The fourth-order valence-corrected chi connectivity index (χ4v) is 2.24. The van der Waals surface area contributed by atoms with E-state index in [4.69, 9.17) is 4.42 Å². The summed E-state index contributed by atoms with van der Waals surface area (Å²) in [5, 5.41) is 2.62. The number of sulfonamides is 1. The Balaban J connectivity index is 2.26. The van der Waals surface area contributed by atoms with E-state index >= 15 is 0 Å². The normalized spacial score (nSPS) is 11.1. The molecule has 0 radical (unpaired) electrons. The van der Waals surface area contributed by atoms with Crippen molar-refractivity contribution in [2.24, 2.45) is 0 Å². The van der Waals surface area contributed by atoms with Crippen molar-refractivity contribution in [2.75, 3.05) is 16.3 Å². The number of para-hydroxylation sites is 2. The summed E-state index contributed by atoms with van der Waals surface area (Å²) in [5.41, 5.74) is 1.36. The number of carbonyl (C=O) groups is 1. The molecule has 0 aliphatic rings. The van der Waals surface area contributed by atoms with Gasteiger partial charge in [0, 0.05) is 5.56 Å². The zero-order chi connectivity index (χ0) is 14.8. The van der Waals surface area contributed by atoms with Crippen LogP contribution in [-0.2, 0) is 10.0 Å². The summed E-state index contributed by atoms with van der Waals surface area (Å²) in [6, 6.07) is 8.20. The molecule has 0 aliphatic carbocycles. The van der Waals surface area contributed by atoms with Crippen LogP contribution >= 0.6 is 0 Å². The third-order valence-corrected chi connectivity index (χ3v) is 3.13. The number of rotatable bonds is 4. The van der Waals surface area contributed by atoms with Gasteiger partial charge in [0.25, 0.3) is 5.91 Å². The molecule has 1 heterocycles. The van der Waals surface area contributed by atoms with Gasteiger partial charge in [0.05, 0.1) is 23.9 Å².